The van der Waals surface area contributed by atoms with Gasteiger partial charge in [-0.1, -0.05) is 11.6 Å². The first-order valence-corrected chi connectivity index (χ1v) is 6.69. The van der Waals surface area contributed by atoms with Crippen LogP contribution >= 0.6 is 11.6 Å². The molecular weight excluding hydrogens is 248 g/mol. The lowest BCUT2D eigenvalue weighted by Gasteiger charge is -2.36. The highest BCUT2D eigenvalue weighted by Crippen LogP contribution is 2.21. The van der Waals surface area contributed by atoms with Gasteiger partial charge in [0.05, 0.1) is 0 Å². The average molecular weight is 267 g/mol. The van der Waals surface area contributed by atoms with Crippen molar-refractivity contribution in [1.29, 1.82) is 0 Å². The second-order valence-electron chi connectivity index (χ2n) is 5.10. The van der Waals surface area contributed by atoms with Crippen LogP contribution in [0.3, 0.4) is 0 Å². The Morgan fingerprint density at radius 2 is 2.22 bits per heavy atom. The summed E-state index contributed by atoms with van der Waals surface area (Å²) in [6, 6.07) is 5.85. The fourth-order valence-electron chi connectivity index (χ4n) is 2.45. The molecule has 0 spiro atoms. The summed E-state index contributed by atoms with van der Waals surface area (Å²) < 4.78 is 0. The van der Waals surface area contributed by atoms with Gasteiger partial charge < -0.3 is 10.6 Å². The summed E-state index contributed by atoms with van der Waals surface area (Å²) in [6.07, 6.45) is 1.75. The van der Waals surface area contributed by atoms with E-state index in [0.29, 0.717) is 10.6 Å². The maximum Gasteiger partial charge on any atom is 0.254 e. The van der Waals surface area contributed by atoms with E-state index in [0.717, 1.165) is 24.9 Å². The van der Waals surface area contributed by atoms with Gasteiger partial charge >= 0.3 is 0 Å². The Morgan fingerprint density at radius 1 is 1.50 bits per heavy atom. The van der Waals surface area contributed by atoms with Gasteiger partial charge in [-0.3, -0.25) is 4.79 Å². The van der Waals surface area contributed by atoms with Gasteiger partial charge in [0.1, 0.15) is 0 Å². The third-order valence-electron chi connectivity index (χ3n) is 3.58. The summed E-state index contributed by atoms with van der Waals surface area (Å²) in [4.78, 5) is 14.3. The zero-order chi connectivity index (χ0) is 13.3. The molecule has 0 bridgehead atoms. The summed E-state index contributed by atoms with van der Waals surface area (Å²) in [5.41, 5.74) is 7.56. The second kappa shape index (κ2) is 5.29. The van der Waals surface area contributed by atoms with Crippen molar-refractivity contribution in [1.82, 2.24) is 4.90 Å². The molecule has 0 radical (unpaired) electrons. The van der Waals surface area contributed by atoms with Crippen LogP contribution in [0.1, 0.15) is 35.7 Å². The first-order chi connectivity index (χ1) is 8.49. The van der Waals surface area contributed by atoms with Crippen molar-refractivity contribution in [2.24, 2.45) is 5.73 Å². The maximum absolute atomic E-state index is 12.4. The number of nitrogens with zero attached hydrogens (tertiary/aromatic N) is 1. The van der Waals surface area contributed by atoms with E-state index in [1.807, 2.05) is 17.9 Å². The summed E-state index contributed by atoms with van der Waals surface area (Å²) >= 11 is 5.98. The minimum absolute atomic E-state index is 0.0779. The van der Waals surface area contributed by atoms with Gasteiger partial charge in [-0.05, 0) is 50.5 Å². The number of likely N-dealkylation sites (tertiary alicyclic amines) is 1. The molecular formula is C14H19ClN2O. The van der Waals surface area contributed by atoms with Gasteiger partial charge in [-0.15, -0.1) is 0 Å². The van der Waals surface area contributed by atoms with Gasteiger partial charge in [0.25, 0.3) is 5.91 Å². The lowest BCUT2D eigenvalue weighted by atomic mass is 9.98. The van der Waals surface area contributed by atoms with Gasteiger partial charge in [0, 0.05) is 29.2 Å². The van der Waals surface area contributed by atoms with Crippen LogP contribution in [0, 0.1) is 6.92 Å². The van der Waals surface area contributed by atoms with Gasteiger partial charge in [-0.25, -0.2) is 0 Å². The molecule has 1 heterocycles. The number of amides is 1. The van der Waals surface area contributed by atoms with E-state index in [9.17, 15) is 4.79 Å². The fourth-order valence-corrected chi connectivity index (χ4v) is 2.57. The largest absolute Gasteiger partial charge is 0.336 e. The molecule has 1 amide bonds. The number of halogens is 1. The molecule has 2 N–H and O–H groups in total. The lowest BCUT2D eigenvalue weighted by molar-refractivity contribution is 0.0619. The van der Waals surface area contributed by atoms with Gasteiger partial charge in [-0.2, -0.15) is 0 Å². The Balaban J connectivity index is 2.18. The van der Waals surface area contributed by atoms with Crippen LogP contribution < -0.4 is 5.73 Å². The zero-order valence-electron chi connectivity index (χ0n) is 10.8. The van der Waals surface area contributed by atoms with Crippen LogP contribution in [0.2, 0.25) is 5.02 Å². The Labute approximate surface area is 113 Å². The number of nitrogens with two attached hydrogens (primary N) is 1. The Morgan fingerprint density at radius 3 is 2.83 bits per heavy atom. The van der Waals surface area contributed by atoms with E-state index in [2.05, 4.69) is 6.92 Å². The summed E-state index contributed by atoms with van der Waals surface area (Å²) in [7, 11) is 0. The molecule has 4 heteroatoms. The molecule has 1 saturated heterocycles. The zero-order valence-corrected chi connectivity index (χ0v) is 11.6. The van der Waals surface area contributed by atoms with E-state index in [-0.39, 0.29) is 18.0 Å². The van der Waals surface area contributed by atoms with E-state index in [1.165, 1.54) is 0 Å². The SMILES string of the molecule is Cc1cc(C(=O)N2CCC(N)CC2C)ccc1Cl. The number of rotatable bonds is 1. The third kappa shape index (κ3) is 2.68. The monoisotopic (exact) mass is 266 g/mol. The highest BCUT2D eigenvalue weighted by atomic mass is 35.5. The van der Waals surface area contributed by atoms with Crippen LogP contribution in [0.4, 0.5) is 0 Å². The molecule has 3 nitrogen and oxygen atoms in total. The molecule has 0 aromatic heterocycles. The first-order valence-electron chi connectivity index (χ1n) is 6.31. The molecule has 1 aromatic rings. The molecule has 2 unspecified atom stereocenters. The molecule has 1 aromatic carbocycles. The van der Waals surface area contributed by atoms with Crippen LogP contribution in [-0.4, -0.2) is 29.4 Å². The summed E-state index contributed by atoms with van der Waals surface area (Å²) in [5.74, 6) is 0.0779. The fraction of sp³-hybridized carbons (Fsp3) is 0.500. The van der Waals surface area contributed by atoms with Crippen LogP contribution in [0.15, 0.2) is 18.2 Å². The molecule has 0 saturated carbocycles. The second-order valence-corrected chi connectivity index (χ2v) is 5.50. The van der Waals surface area contributed by atoms with Crippen LogP contribution in [0.5, 0.6) is 0 Å². The molecule has 18 heavy (non-hydrogen) atoms. The maximum atomic E-state index is 12.4. The van der Waals surface area contributed by atoms with Crippen molar-refractivity contribution in [3.63, 3.8) is 0 Å². The van der Waals surface area contributed by atoms with E-state index in [1.54, 1.807) is 12.1 Å². The molecule has 1 aliphatic heterocycles. The molecule has 98 valence electrons. The standard InChI is InChI=1S/C14H19ClN2O/c1-9-7-11(3-4-13(9)15)14(18)17-6-5-12(16)8-10(17)2/h3-4,7,10,12H,5-6,8,16H2,1-2H3. The van der Waals surface area contributed by atoms with Crippen molar-refractivity contribution in [2.75, 3.05) is 6.54 Å². The molecule has 0 aliphatic carbocycles. The summed E-state index contributed by atoms with van der Waals surface area (Å²) in [6.45, 7) is 4.71. The molecule has 1 aliphatic rings. The van der Waals surface area contributed by atoms with Crippen molar-refractivity contribution in [3.8, 4) is 0 Å². The van der Waals surface area contributed by atoms with Crippen LogP contribution in [0.25, 0.3) is 0 Å². The normalized spacial score (nSPS) is 24.1. The summed E-state index contributed by atoms with van der Waals surface area (Å²) in [5, 5.41) is 0.695. The number of aryl methyl sites for hydroxylation is 1. The molecule has 2 rings (SSSR count). The first kappa shape index (κ1) is 13.4. The number of hydrogen-bond donors (Lipinski definition) is 1. The molecule has 2 atom stereocenters. The predicted molar refractivity (Wildman–Crippen MR) is 73.9 cm³/mol. The quantitative estimate of drug-likeness (QED) is 0.849. The van der Waals surface area contributed by atoms with E-state index < -0.39 is 0 Å². The van der Waals surface area contributed by atoms with Crippen molar-refractivity contribution < 1.29 is 4.79 Å². The Hall–Kier alpha value is -1.06. The number of hydrogen-bond acceptors (Lipinski definition) is 2. The number of carbonyl (C=O) groups is 1. The lowest BCUT2D eigenvalue weighted by Crippen LogP contribution is -2.48. The predicted octanol–water partition coefficient (Wildman–Crippen LogP) is 2.60. The third-order valence-corrected chi connectivity index (χ3v) is 4.01. The highest BCUT2D eigenvalue weighted by Gasteiger charge is 2.27. The number of carbonyl (C=O) groups excluding carboxylic acids is 1. The average Bonchev–Trinajstić information content (AvgIpc) is 2.32. The van der Waals surface area contributed by atoms with Crippen LogP contribution in [-0.2, 0) is 0 Å². The van der Waals surface area contributed by atoms with Crippen molar-refractivity contribution in [2.45, 2.75) is 38.8 Å². The van der Waals surface area contributed by atoms with Gasteiger partial charge in [0.2, 0.25) is 0 Å². The number of piperidine rings is 1. The minimum Gasteiger partial charge on any atom is -0.336 e. The molecule has 1 fully saturated rings. The highest BCUT2D eigenvalue weighted by molar-refractivity contribution is 6.31. The van der Waals surface area contributed by atoms with Crippen molar-refractivity contribution >= 4 is 17.5 Å². The Kier molecular flexibility index (Phi) is 3.93. The van der Waals surface area contributed by atoms with Gasteiger partial charge in [0.15, 0.2) is 0 Å². The van der Waals surface area contributed by atoms with E-state index in [4.69, 9.17) is 17.3 Å². The Bertz CT molecular complexity index is 461. The smallest absolute Gasteiger partial charge is 0.254 e. The minimum atomic E-state index is 0.0779. The topological polar surface area (TPSA) is 46.3 Å². The van der Waals surface area contributed by atoms with E-state index >= 15 is 0 Å². The van der Waals surface area contributed by atoms with Crippen molar-refractivity contribution in [3.05, 3.63) is 34.3 Å². The number of benzene rings is 1.